The molecule has 0 aliphatic carbocycles. The van der Waals surface area contributed by atoms with Gasteiger partial charge in [0.25, 0.3) is 5.91 Å². The number of hydrogen-bond donors (Lipinski definition) is 2. The molecule has 1 aromatic carbocycles. The van der Waals surface area contributed by atoms with Crippen LogP contribution in [-0.4, -0.2) is 31.7 Å². The van der Waals surface area contributed by atoms with Crippen molar-refractivity contribution in [1.29, 1.82) is 0 Å². The van der Waals surface area contributed by atoms with E-state index in [0.717, 1.165) is 6.26 Å². The first-order valence-corrected chi connectivity index (χ1v) is 9.14. The van der Waals surface area contributed by atoms with Gasteiger partial charge in [-0.15, -0.1) is 0 Å². The summed E-state index contributed by atoms with van der Waals surface area (Å²) in [6.07, 6.45) is 2.57. The van der Waals surface area contributed by atoms with Crippen LogP contribution in [0.1, 0.15) is 24.2 Å². The van der Waals surface area contributed by atoms with Crippen LogP contribution in [0.25, 0.3) is 0 Å². The standard InChI is InChI=1S/C16H19N3O4S/c1-11(2)23-14-5-4-10-17-15(14)18-16(20)12-6-8-13(9-7-12)19-24(3,21)22/h4-11,19H,1-3H3,(H,17,18,20). The molecule has 128 valence electrons. The maximum Gasteiger partial charge on any atom is 0.256 e. The van der Waals surface area contributed by atoms with E-state index in [1.807, 2.05) is 13.8 Å². The molecule has 0 saturated heterocycles. The molecule has 7 nitrogen and oxygen atoms in total. The monoisotopic (exact) mass is 349 g/mol. The van der Waals surface area contributed by atoms with Crippen molar-refractivity contribution in [1.82, 2.24) is 4.98 Å². The smallest absolute Gasteiger partial charge is 0.256 e. The zero-order valence-corrected chi connectivity index (χ0v) is 14.4. The number of benzene rings is 1. The van der Waals surface area contributed by atoms with Crippen molar-refractivity contribution in [3.05, 3.63) is 48.2 Å². The van der Waals surface area contributed by atoms with Crippen molar-refractivity contribution in [2.24, 2.45) is 0 Å². The Labute approximate surface area is 141 Å². The van der Waals surface area contributed by atoms with Crippen molar-refractivity contribution < 1.29 is 17.9 Å². The van der Waals surface area contributed by atoms with Gasteiger partial charge >= 0.3 is 0 Å². The Kier molecular flexibility index (Phi) is 5.40. The number of rotatable bonds is 6. The molecule has 1 aromatic heterocycles. The van der Waals surface area contributed by atoms with Gasteiger partial charge in [-0.25, -0.2) is 13.4 Å². The first-order valence-electron chi connectivity index (χ1n) is 7.25. The van der Waals surface area contributed by atoms with Crippen molar-refractivity contribution in [3.8, 4) is 5.75 Å². The van der Waals surface area contributed by atoms with Crippen LogP contribution in [-0.2, 0) is 10.0 Å². The second-order valence-electron chi connectivity index (χ2n) is 5.42. The summed E-state index contributed by atoms with van der Waals surface area (Å²) < 4.78 is 30.3. The highest BCUT2D eigenvalue weighted by Gasteiger charge is 2.12. The van der Waals surface area contributed by atoms with Gasteiger partial charge in [-0.3, -0.25) is 9.52 Å². The molecule has 0 fully saturated rings. The topological polar surface area (TPSA) is 97.4 Å². The van der Waals surface area contributed by atoms with Crippen LogP contribution in [0.4, 0.5) is 11.5 Å². The molecule has 0 atom stereocenters. The van der Waals surface area contributed by atoms with Crippen LogP contribution in [0, 0.1) is 0 Å². The van der Waals surface area contributed by atoms with Gasteiger partial charge in [-0.05, 0) is 50.2 Å². The Morgan fingerprint density at radius 3 is 2.42 bits per heavy atom. The number of carbonyl (C=O) groups is 1. The highest BCUT2D eigenvalue weighted by molar-refractivity contribution is 7.92. The van der Waals surface area contributed by atoms with Gasteiger partial charge in [-0.1, -0.05) is 0 Å². The summed E-state index contributed by atoms with van der Waals surface area (Å²) in [5, 5.41) is 2.69. The number of aromatic nitrogens is 1. The molecule has 2 N–H and O–H groups in total. The van der Waals surface area contributed by atoms with E-state index in [4.69, 9.17) is 4.74 Å². The molecule has 0 radical (unpaired) electrons. The Hall–Kier alpha value is -2.61. The minimum Gasteiger partial charge on any atom is -0.487 e. The molecule has 1 amide bonds. The molecule has 0 unspecified atom stereocenters. The lowest BCUT2D eigenvalue weighted by Crippen LogP contribution is -2.16. The molecule has 0 bridgehead atoms. The van der Waals surface area contributed by atoms with Crippen LogP contribution < -0.4 is 14.8 Å². The molecule has 0 spiro atoms. The van der Waals surface area contributed by atoms with E-state index >= 15 is 0 Å². The quantitative estimate of drug-likeness (QED) is 0.835. The number of nitrogens with one attached hydrogen (secondary N) is 2. The van der Waals surface area contributed by atoms with Crippen molar-refractivity contribution in [3.63, 3.8) is 0 Å². The highest BCUT2D eigenvalue weighted by Crippen LogP contribution is 2.23. The largest absolute Gasteiger partial charge is 0.487 e. The Balaban J connectivity index is 2.13. The van der Waals surface area contributed by atoms with E-state index in [2.05, 4.69) is 15.0 Å². The number of ether oxygens (including phenoxy) is 1. The lowest BCUT2D eigenvalue weighted by Gasteiger charge is -2.13. The Bertz CT molecular complexity index is 817. The molecule has 0 aliphatic rings. The summed E-state index contributed by atoms with van der Waals surface area (Å²) in [7, 11) is -3.35. The van der Waals surface area contributed by atoms with Gasteiger partial charge in [-0.2, -0.15) is 0 Å². The van der Waals surface area contributed by atoms with Crippen molar-refractivity contribution in [2.45, 2.75) is 20.0 Å². The Morgan fingerprint density at radius 2 is 1.83 bits per heavy atom. The predicted molar refractivity (Wildman–Crippen MR) is 92.9 cm³/mol. The predicted octanol–water partition coefficient (Wildman–Crippen LogP) is 2.49. The average Bonchev–Trinajstić information content (AvgIpc) is 2.48. The zero-order valence-electron chi connectivity index (χ0n) is 13.6. The van der Waals surface area contributed by atoms with E-state index in [0.29, 0.717) is 22.8 Å². The SMILES string of the molecule is CC(C)Oc1cccnc1NC(=O)c1ccc(NS(C)(=O)=O)cc1. The molecule has 2 rings (SSSR count). The van der Waals surface area contributed by atoms with Gasteiger partial charge in [0.2, 0.25) is 10.0 Å². The number of carbonyl (C=O) groups excluding carboxylic acids is 1. The van der Waals surface area contributed by atoms with E-state index in [9.17, 15) is 13.2 Å². The summed E-state index contributed by atoms with van der Waals surface area (Å²) >= 11 is 0. The van der Waals surface area contributed by atoms with Gasteiger partial charge in [0.1, 0.15) is 0 Å². The molecule has 0 saturated carbocycles. The third kappa shape index (κ3) is 5.24. The number of anilines is 2. The number of hydrogen-bond acceptors (Lipinski definition) is 5. The third-order valence-electron chi connectivity index (χ3n) is 2.82. The fourth-order valence-corrected chi connectivity index (χ4v) is 2.48. The summed E-state index contributed by atoms with van der Waals surface area (Å²) in [5.41, 5.74) is 0.755. The van der Waals surface area contributed by atoms with E-state index in [1.54, 1.807) is 18.3 Å². The summed E-state index contributed by atoms with van der Waals surface area (Å²) in [6, 6.07) is 9.52. The molecular weight excluding hydrogens is 330 g/mol. The van der Waals surface area contributed by atoms with Crippen LogP contribution in [0.5, 0.6) is 5.75 Å². The first kappa shape index (κ1) is 17.7. The summed E-state index contributed by atoms with van der Waals surface area (Å²) in [6.45, 7) is 3.76. The lowest BCUT2D eigenvalue weighted by molar-refractivity contribution is 0.102. The zero-order chi connectivity index (χ0) is 17.7. The number of sulfonamides is 1. The van der Waals surface area contributed by atoms with E-state index in [1.165, 1.54) is 24.3 Å². The molecular formula is C16H19N3O4S. The fourth-order valence-electron chi connectivity index (χ4n) is 1.92. The molecule has 24 heavy (non-hydrogen) atoms. The van der Waals surface area contributed by atoms with E-state index < -0.39 is 10.0 Å². The second-order valence-corrected chi connectivity index (χ2v) is 7.17. The minimum absolute atomic E-state index is 0.0498. The second kappa shape index (κ2) is 7.31. The van der Waals surface area contributed by atoms with Crippen LogP contribution in [0.3, 0.4) is 0 Å². The summed E-state index contributed by atoms with van der Waals surface area (Å²) in [5.74, 6) is 0.443. The van der Waals surface area contributed by atoms with Gasteiger partial charge in [0.05, 0.1) is 12.4 Å². The third-order valence-corrected chi connectivity index (χ3v) is 3.42. The maximum absolute atomic E-state index is 12.3. The molecule has 8 heteroatoms. The minimum atomic E-state index is -3.35. The fraction of sp³-hybridized carbons (Fsp3) is 0.250. The van der Waals surface area contributed by atoms with Crippen molar-refractivity contribution >= 4 is 27.4 Å². The first-order chi connectivity index (χ1) is 11.2. The van der Waals surface area contributed by atoms with Crippen molar-refractivity contribution in [2.75, 3.05) is 16.3 Å². The molecule has 2 aromatic rings. The molecule has 0 aliphatic heterocycles. The normalized spacial score (nSPS) is 11.2. The number of pyridine rings is 1. The maximum atomic E-state index is 12.3. The highest BCUT2D eigenvalue weighted by atomic mass is 32.2. The van der Waals surface area contributed by atoms with Crippen LogP contribution >= 0.6 is 0 Å². The average molecular weight is 349 g/mol. The number of amides is 1. The van der Waals surface area contributed by atoms with Gasteiger partial charge < -0.3 is 10.1 Å². The van der Waals surface area contributed by atoms with E-state index in [-0.39, 0.29) is 12.0 Å². The summed E-state index contributed by atoms with van der Waals surface area (Å²) in [4.78, 5) is 16.4. The number of nitrogens with zero attached hydrogens (tertiary/aromatic N) is 1. The molecule has 1 heterocycles. The van der Waals surface area contributed by atoms with Gasteiger partial charge in [0, 0.05) is 17.4 Å². The van der Waals surface area contributed by atoms with Crippen LogP contribution in [0.15, 0.2) is 42.6 Å². The van der Waals surface area contributed by atoms with Gasteiger partial charge in [0.15, 0.2) is 11.6 Å². The van der Waals surface area contributed by atoms with Crippen LogP contribution in [0.2, 0.25) is 0 Å². The Morgan fingerprint density at radius 1 is 1.17 bits per heavy atom. The lowest BCUT2D eigenvalue weighted by atomic mass is 10.2.